The minimum Gasteiger partial charge on any atom is -0.389 e. The molecule has 1 fully saturated rings. The van der Waals surface area contributed by atoms with Gasteiger partial charge in [-0.05, 0) is 24.7 Å². The van der Waals surface area contributed by atoms with E-state index in [2.05, 4.69) is 5.32 Å². The highest BCUT2D eigenvalue weighted by Gasteiger charge is 2.29. The topological polar surface area (TPSA) is 55.7 Å². The predicted molar refractivity (Wildman–Crippen MR) is 68.4 cm³/mol. The maximum Gasteiger partial charge on any atom is 0.0990 e. The average molecular weight is 257 g/mol. The molecule has 4 nitrogen and oxygen atoms in total. The molecule has 2 unspecified atom stereocenters. The van der Waals surface area contributed by atoms with Crippen molar-refractivity contribution in [3.8, 4) is 0 Å². The Morgan fingerprint density at radius 3 is 2.53 bits per heavy atom. The van der Waals surface area contributed by atoms with Gasteiger partial charge in [0.05, 0.1) is 12.2 Å². The number of halogens is 1. The van der Waals surface area contributed by atoms with Gasteiger partial charge in [-0.3, -0.25) is 0 Å². The number of nitrogens with one attached hydrogen (secondary N) is 1. The molecule has 3 N–H and O–H groups in total. The molecule has 1 aromatic carbocycles. The van der Waals surface area contributed by atoms with Crippen LogP contribution in [0.1, 0.15) is 5.56 Å². The average Bonchev–Trinajstić information content (AvgIpc) is 2.62. The van der Waals surface area contributed by atoms with Crippen LogP contribution in [-0.2, 0) is 6.54 Å². The highest BCUT2D eigenvalue weighted by atomic mass is 35.5. The predicted octanol–water partition coefficient (Wildman–Crippen LogP) is 0.601. The van der Waals surface area contributed by atoms with Crippen LogP contribution in [0.3, 0.4) is 0 Å². The lowest BCUT2D eigenvalue weighted by molar-refractivity contribution is 0.0572. The van der Waals surface area contributed by atoms with Crippen molar-refractivity contribution in [1.29, 1.82) is 0 Å². The van der Waals surface area contributed by atoms with E-state index in [1.165, 1.54) is 0 Å². The third-order valence-electron chi connectivity index (χ3n) is 3.03. The largest absolute Gasteiger partial charge is 0.389 e. The van der Waals surface area contributed by atoms with Crippen LogP contribution in [-0.4, -0.2) is 42.6 Å². The molecule has 0 spiro atoms. The van der Waals surface area contributed by atoms with Gasteiger partial charge in [-0.2, -0.15) is 0 Å². The van der Waals surface area contributed by atoms with Crippen molar-refractivity contribution < 1.29 is 10.2 Å². The summed E-state index contributed by atoms with van der Waals surface area (Å²) in [7, 11) is 1.87. The van der Waals surface area contributed by atoms with Crippen molar-refractivity contribution in [3.63, 3.8) is 0 Å². The highest BCUT2D eigenvalue weighted by molar-refractivity contribution is 6.31. The Morgan fingerprint density at radius 2 is 2.00 bits per heavy atom. The number of hydrogen-bond acceptors (Lipinski definition) is 4. The van der Waals surface area contributed by atoms with Crippen LogP contribution >= 0.6 is 11.6 Å². The molecular formula is C12H17ClN2O2. The van der Waals surface area contributed by atoms with E-state index < -0.39 is 12.2 Å². The standard InChI is InChI=1S/C12H17ClN2O2/c1-14-5-8-2-3-9(4-10(8)13)15-6-11(16)12(17)7-15/h2-4,11-12,14,16-17H,5-7H2,1H3. The fraction of sp³-hybridized carbons (Fsp3) is 0.500. The fourth-order valence-corrected chi connectivity index (χ4v) is 2.29. The van der Waals surface area contributed by atoms with E-state index in [0.29, 0.717) is 18.1 Å². The number of anilines is 1. The van der Waals surface area contributed by atoms with Gasteiger partial charge in [0, 0.05) is 30.3 Å². The number of β-amino-alcohol motifs (C(OH)–C–C–N with tert-alkyl or cyclic N) is 2. The molecule has 1 aliphatic heterocycles. The van der Waals surface area contributed by atoms with E-state index >= 15 is 0 Å². The first-order valence-electron chi connectivity index (χ1n) is 5.66. The molecule has 1 saturated heterocycles. The lowest BCUT2D eigenvalue weighted by Crippen LogP contribution is -2.22. The lowest BCUT2D eigenvalue weighted by atomic mass is 10.2. The number of nitrogens with zero attached hydrogens (tertiary/aromatic N) is 1. The summed E-state index contributed by atoms with van der Waals surface area (Å²) in [6.45, 7) is 1.62. The molecule has 1 aromatic rings. The summed E-state index contributed by atoms with van der Waals surface area (Å²) in [5.41, 5.74) is 1.98. The molecule has 0 aromatic heterocycles. The van der Waals surface area contributed by atoms with Crippen molar-refractivity contribution in [2.45, 2.75) is 18.8 Å². The Hall–Kier alpha value is -0.810. The SMILES string of the molecule is CNCc1ccc(N2CC(O)C(O)C2)cc1Cl. The van der Waals surface area contributed by atoms with E-state index in [1.54, 1.807) is 0 Å². The van der Waals surface area contributed by atoms with Gasteiger partial charge >= 0.3 is 0 Å². The van der Waals surface area contributed by atoms with Crippen molar-refractivity contribution in [3.05, 3.63) is 28.8 Å². The Balaban J connectivity index is 2.15. The molecule has 1 aliphatic rings. The first-order chi connectivity index (χ1) is 8.11. The monoisotopic (exact) mass is 256 g/mol. The fourth-order valence-electron chi connectivity index (χ4n) is 2.05. The zero-order chi connectivity index (χ0) is 12.4. The lowest BCUT2D eigenvalue weighted by Gasteiger charge is -2.18. The van der Waals surface area contributed by atoms with Crippen LogP contribution in [0.4, 0.5) is 5.69 Å². The second kappa shape index (κ2) is 5.23. The second-order valence-electron chi connectivity index (χ2n) is 4.35. The molecule has 2 rings (SSSR count). The number of aliphatic hydroxyl groups excluding tert-OH is 2. The maximum atomic E-state index is 9.50. The molecule has 1 heterocycles. The molecule has 5 heteroatoms. The molecular weight excluding hydrogens is 240 g/mol. The van der Waals surface area contributed by atoms with Gasteiger partial charge in [0.2, 0.25) is 0 Å². The van der Waals surface area contributed by atoms with Gasteiger partial charge < -0.3 is 20.4 Å². The van der Waals surface area contributed by atoms with E-state index in [0.717, 1.165) is 17.8 Å². The minimum atomic E-state index is -0.675. The van der Waals surface area contributed by atoms with Gasteiger partial charge in [-0.1, -0.05) is 17.7 Å². The molecule has 0 bridgehead atoms. The summed E-state index contributed by atoms with van der Waals surface area (Å²) in [6.07, 6.45) is -1.35. The summed E-state index contributed by atoms with van der Waals surface area (Å²) in [5, 5.41) is 22.8. The molecule has 0 amide bonds. The summed E-state index contributed by atoms with van der Waals surface area (Å²) < 4.78 is 0. The van der Waals surface area contributed by atoms with Crippen LogP contribution in [0.2, 0.25) is 5.02 Å². The van der Waals surface area contributed by atoms with Crippen LogP contribution in [0.25, 0.3) is 0 Å². The van der Waals surface area contributed by atoms with E-state index in [4.69, 9.17) is 11.6 Å². The Labute approximate surface area is 106 Å². The number of rotatable bonds is 3. The number of benzene rings is 1. The summed E-state index contributed by atoms with van der Waals surface area (Å²) in [6, 6.07) is 5.80. The van der Waals surface area contributed by atoms with E-state index in [9.17, 15) is 10.2 Å². The smallest absolute Gasteiger partial charge is 0.0990 e. The minimum absolute atomic E-state index is 0.447. The molecule has 0 radical (unpaired) electrons. The second-order valence-corrected chi connectivity index (χ2v) is 4.75. The Bertz CT molecular complexity index is 390. The zero-order valence-electron chi connectivity index (χ0n) is 9.73. The Morgan fingerprint density at radius 1 is 1.35 bits per heavy atom. The summed E-state index contributed by atoms with van der Waals surface area (Å²) >= 11 is 6.17. The summed E-state index contributed by atoms with van der Waals surface area (Å²) in [5.74, 6) is 0. The Kier molecular flexibility index (Phi) is 3.89. The van der Waals surface area contributed by atoms with Crippen LogP contribution < -0.4 is 10.2 Å². The molecule has 94 valence electrons. The van der Waals surface area contributed by atoms with Crippen LogP contribution in [0.15, 0.2) is 18.2 Å². The number of hydrogen-bond donors (Lipinski definition) is 3. The third-order valence-corrected chi connectivity index (χ3v) is 3.38. The van der Waals surface area contributed by atoms with Gasteiger partial charge in [0.1, 0.15) is 0 Å². The first-order valence-corrected chi connectivity index (χ1v) is 6.03. The molecule has 0 saturated carbocycles. The normalized spacial score (nSPS) is 24.4. The van der Waals surface area contributed by atoms with Gasteiger partial charge in [-0.25, -0.2) is 0 Å². The highest BCUT2D eigenvalue weighted by Crippen LogP contribution is 2.26. The van der Waals surface area contributed by atoms with Gasteiger partial charge in [0.25, 0.3) is 0 Å². The van der Waals surface area contributed by atoms with Gasteiger partial charge in [0.15, 0.2) is 0 Å². The van der Waals surface area contributed by atoms with E-state index in [-0.39, 0.29) is 0 Å². The molecule has 0 aliphatic carbocycles. The molecule has 2 atom stereocenters. The van der Waals surface area contributed by atoms with E-state index in [1.807, 2.05) is 30.1 Å². The first kappa shape index (κ1) is 12.6. The van der Waals surface area contributed by atoms with Crippen LogP contribution in [0.5, 0.6) is 0 Å². The molecule has 17 heavy (non-hydrogen) atoms. The van der Waals surface area contributed by atoms with Gasteiger partial charge in [-0.15, -0.1) is 0 Å². The van der Waals surface area contributed by atoms with Crippen molar-refractivity contribution >= 4 is 17.3 Å². The third kappa shape index (κ3) is 2.72. The van der Waals surface area contributed by atoms with Crippen molar-refractivity contribution in [1.82, 2.24) is 5.32 Å². The quantitative estimate of drug-likeness (QED) is 0.742. The van der Waals surface area contributed by atoms with Crippen molar-refractivity contribution in [2.75, 3.05) is 25.0 Å². The number of aliphatic hydroxyl groups is 2. The maximum absolute atomic E-state index is 9.50. The van der Waals surface area contributed by atoms with Crippen molar-refractivity contribution in [2.24, 2.45) is 0 Å². The zero-order valence-corrected chi connectivity index (χ0v) is 10.5. The van der Waals surface area contributed by atoms with Crippen LogP contribution in [0, 0.1) is 0 Å². The summed E-state index contributed by atoms with van der Waals surface area (Å²) in [4.78, 5) is 1.93.